The molecule has 1 amide bonds. The third-order valence-electron chi connectivity index (χ3n) is 7.30. The molecule has 1 saturated heterocycles. The molecule has 1 saturated carbocycles. The van der Waals surface area contributed by atoms with E-state index in [2.05, 4.69) is 24.0 Å². The summed E-state index contributed by atoms with van der Waals surface area (Å²) in [6.07, 6.45) is 6.72. The first-order valence-electron chi connectivity index (χ1n) is 11.6. The highest BCUT2D eigenvalue weighted by atomic mass is 19.1. The number of rotatable bonds is 5. The molecule has 4 rings (SSSR count). The van der Waals surface area contributed by atoms with Crippen LogP contribution in [0.3, 0.4) is 0 Å². The van der Waals surface area contributed by atoms with Crippen LogP contribution in [0.1, 0.15) is 58.2 Å². The van der Waals surface area contributed by atoms with Crippen LogP contribution in [-0.2, 0) is 11.2 Å². The summed E-state index contributed by atoms with van der Waals surface area (Å²) in [4.78, 5) is 27.3. The largest absolute Gasteiger partial charge is 0.348 e. The van der Waals surface area contributed by atoms with E-state index in [0.717, 1.165) is 57.5 Å². The average molecular weight is 429 g/mol. The molecule has 2 fully saturated rings. The van der Waals surface area contributed by atoms with Crippen molar-refractivity contribution < 1.29 is 9.18 Å². The molecule has 0 spiro atoms. The topological polar surface area (TPSA) is 71.0 Å². The Bertz CT molecular complexity index is 950. The van der Waals surface area contributed by atoms with Gasteiger partial charge in [-0.15, -0.1) is 0 Å². The van der Waals surface area contributed by atoms with Gasteiger partial charge in [-0.3, -0.25) is 4.79 Å². The van der Waals surface area contributed by atoms with Crippen LogP contribution >= 0.6 is 0 Å². The van der Waals surface area contributed by atoms with E-state index in [1.54, 1.807) is 18.2 Å². The van der Waals surface area contributed by atoms with Gasteiger partial charge in [0.15, 0.2) is 0 Å². The second-order valence-electron chi connectivity index (χ2n) is 9.56. The quantitative estimate of drug-likeness (QED) is 0.784. The lowest BCUT2D eigenvalue weighted by molar-refractivity contribution is -0.138. The van der Waals surface area contributed by atoms with Crippen molar-refractivity contribution in [1.29, 1.82) is 0 Å². The predicted octanol–water partition coefficient (Wildman–Crippen LogP) is 3.94. The van der Waals surface area contributed by atoms with Crippen molar-refractivity contribution in [3.05, 3.63) is 46.4 Å². The van der Waals surface area contributed by atoms with Crippen LogP contribution in [0, 0.1) is 29.5 Å². The van der Waals surface area contributed by atoms with Crippen molar-refractivity contribution in [3.8, 4) is 5.69 Å². The second-order valence-corrected chi connectivity index (χ2v) is 9.56. The molecular weight excluding hydrogens is 395 g/mol. The molecular formula is C24H33FN4O2. The molecule has 168 valence electrons. The van der Waals surface area contributed by atoms with E-state index in [9.17, 15) is 14.0 Å². The first-order valence-corrected chi connectivity index (χ1v) is 11.6. The number of hydrogen-bond donors (Lipinski definition) is 1. The molecule has 1 aromatic carbocycles. The van der Waals surface area contributed by atoms with Crippen LogP contribution in [0.4, 0.5) is 4.39 Å². The maximum Gasteiger partial charge on any atom is 0.348 e. The Morgan fingerprint density at radius 1 is 1.13 bits per heavy atom. The number of piperidine rings is 1. The lowest BCUT2D eigenvalue weighted by atomic mass is 9.76. The number of halogens is 1. The number of benzene rings is 1. The van der Waals surface area contributed by atoms with Crippen molar-refractivity contribution in [2.24, 2.45) is 23.7 Å². The van der Waals surface area contributed by atoms with E-state index in [1.165, 1.54) is 10.6 Å². The van der Waals surface area contributed by atoms with Crippen molar-refractivity contribution in [2.75, 3.05) is 13.1 Å². The summed E-state index contributed by atoms with van der Waals surface area (Å²) in [6.45, 7) is 6.06. The predicted molar refractivity (Wildman–Crippen MR) is 117 cm³/mol. The summed E-state index contributed by atoms with van der Waals surface area (Å²) in [6, 6.07) is 6.24. The minimum absolute atomic E-state index is 0.184. The van der Waals surface area contributed by atoms with Gasteiger partial charge in [-0.05, 0) is 68.4 Å². The van der Waals surface area contributed by atoms with E-state index in [4.69, 9.17) is 0 Å². The Balaban J connectivity index is 1.34. The second kappa shape index (κ2) is 9.37. The summed E-state index contributed by atoms with van der Waals surface area (Å²) in [5, 5.41) is 6.61. The summed E-state index contributed by atoms with van der Waals surface area (Å²) in [5.74, 6) is 2.40. The summed E-state index contributed by atoms with van der Waals surface area (Å²) >= 11 is 0. The van der Waals surface area contributed by atoms with Crippen molar-refractivity contribution in [1.82, 2.24) is 19.7 Å². The van der Waals surface area contributed by atoms with Crippen molar-refractivity contribution in [2.45, 2.75) is 58.8 Å². The van der Waals surface area contributed by atoms with Crippen LogP contribution < -0.4 is 5.69 Å². The highest BCUT2D eigenvalue weighted by Gasteiger charge is 2.32. The first-order chi connectivity index (χ1) is 14.9. The molecule has 1 aliphatic heterocycles. The molecule has 2 aromatic rings. The molecule has 6 nitrogen and oxygen atoms in total. The van der Waals surface area contributed by atoms with Crippen LogP contribution in [0.25, 0.3) is 5.69 Å². The number of amides is 1. The Morgan fingerprint density at radius 3 is 2.45 bits per heavy atom. The van der Waals surface area contributed by atoms with E-state index in [1.807, 2.05) is 4.90 Å². The van der Waals surface area contributed by atoms with Crippen molar-refractivity contribution in [3.63, 3.8) is 0 Å². The van der Waals surface area contributed by atoms with Crippen LogP contribution in [0.5, 0.6) is 0 Å². The number of nitrogens with zero attached hydrogens (tertiary/aromatic N) is 3. The average Bonchev–Trinajstić information content (AvgIpc) is 3.14. The molecule has 2 aliphatic rings. The number of nitrogens with one attached hydrogen (secondary N) is 1. The standard InChI is InChI=1S/C24H33FN4O2/c1-16(2)18-7-9-19(10-8-18)23(30)28-13-11-17(12-14-28)15-22-26-27-24(31)29(22)21-6-4-3-5-20(21)25/h3-6,16-19H,7-15H2,1-2H3,(H,27,31). The third kappa shape index (κ3) is 4.75. The number of hydrogen-bond acceptors (Lipinski definition) is 3. The zero-order chi connectivity index (χ0) is 22.0. The zero-order valence-corrected chi connectivity index (χ0v) is 18.5. The van der Waals surface area contributed by atoms with Gasteiger partial charge < -0.3 is 4.90 Å². The monoisotopic (exact) mass is 428 g/mol. The van der Waals surface area contributed by atoms with Gasteiger partial charge in [0.1, 0.15) is 11.6 Å². The SMILES string of the molecule is CC(C)C1CCC(C(=O)N2CCC(Cc3n[nH]c(=O)n3-c3ccccc3F)CC2)CC1. The fourth-order valence-electron chi connectivity index (χ4n) is 5.25. The summed E-state index contributed by atoms with van der Waals surface area (Å²) in [5.41, 5.74) is -0.203. The molecule has 7 heteroatoms. The van der Waals surface area contributed by atoms with E-state index in [-0.39, 0.29) is 11.6 Å². The highest BCUT2D eigenvalue weighted by Crippen LogP contribution is 2.35. The van der Waals surface area contributed by atoms with Gasteiger partial charge in [0.05, 0.1) is 5.69 Å². The lowest BCUT2D eigenvalue weighted by Crippen LogP contribution is -2.43. The molecule has 0 unspecified atom stereocenters. The van der Waals surface area contributed by atoms with E-state index in [0.29, 0.717) is 30.0 Å². The minimum Gasteiger partial charge on any atom is -0.342 e. The number of likely N-dealkylation sites (tertiary alicyclic amines) is 1. The molecule has 1 aromatic heterocycles. The van der Waals surface area contributed by atoms with Crippen LogP contribution in [0.15, 0.2) is 29.1 Å². The van der Waals surface area contributed by atoms with Gasteiger partial charge in [-0.25, -0.2) is 18.9 Å². The molecule has 2 heterocycles. The maximum absolute atomic E-state index is 14.2. The summed E-state index contributed by atoms with van der Waals surface area (Å²) < 4.78 is 15.6. The number of H-pyrrole nitrogens is 1. The highest BCUT2D eigenvalue weighted by molar-refractivity contribution is 5.79. The summed E-state index contributed by atoms with van der Waals surface area (Å²) in [7, 11) is 0. The van der Waals surface area contributed by atoms with Gasteiger partial charge >= 0.3 is 5.69 Å². The number of carbonyl (C=O) groups is 1. The Labute approximate surface area is 182 Å². The van der Waals surface area contributed by atoms with E-state index >= 15 is 0 Å². The van der Waals surface area contributed by atoms with Gasteiger partial charge in [0.25, 0.3) is 0 Å². The minimum atomic E-state index is -0.445. The number of para-hydroxylation sites is 1. The van der Waals surface area contributed by atoms with Gasteiger partial charge in [-0.2, -0.15) is 5.10 Å². The molecule has 1 aliphatic carbocycles. The first kappa shape index (κ1) is 21.8. The molecule has 0 atom stereocenters. The normalized spacial score (nSPS) is 22.8. The fraction of sp³-hybridized carbons (Fsp3) is 0.625. The Kier molecular flexibility index (Phi) is 6.58. The van der Waals surface area contributed by atoms with Crippen molar-refractivity contribution >= 4 is 5.91 Å². The van der Waals surface area contributed by atoms with Crippen LogP contribution in [0.2, 0.25) is 0 Å². The van der Waals surface area contributed by atoms with Gasteiger partial charge in [0, 0.05) is 25.4 Å². The Morgan fingerprint density at radius 2 is 1.81 bits per heavy atom. The number of carbonyl (C=O) groups excluding carboxylic acids is 1. The number of aromatic amines is 1. The van der Waals surface area contributed by atoms with E-state index < -0.39 is 11.5 Å². The Hall–Kier alpha value is -2.44. The third-order valence-corrected chi connectivity index (χ3v) is 7.30. The molecule has 0 bridgehead atoms. The molecule has 0 radical (unpaired) electrons. The smallest absolute Gasteiger partial charge is 0.342 e. The van der Waals surface area contributed by atoms with Crippen LogP contribution in [-0.4, -0.2) is 38.7 Å². The number of aromatic nitrogens is 3. The fourth-order valence-corrected chi connectivity index (χ4v) is 5.25. The van der Waals surface area contributed by atoms with Gasteiger partial charge in [0.2, 0.25) is 5.91 Å². The zero-order valence-electron chi connectivity index (χ0n) is 18.5. The molecule has 1 N–H and O–H groups in total. The molecule has 31 heavy (non-hydrogen) atoms. The maximum atomic E-state index is 14.2. The lowest BCUT2D eigenvalue weighted by Gasteiger charge is -2.37. The van der Waals surface area contributed by atoms with Gasteiger partial charge in [-0.1, -0.05) is 26.0 Å².